The Morgan fingerprint density at radius 2 is 1.62 bits per heavy atom. The van der Waals surface area contributed by atoms with Crippen LogP contribution in [0.15, 0.2) is 0 Å². The molecule has 0 N–H and O–H groups in total. The fourth-order valence-electron chi connectivity index (χ4n) is 0.715. The van der Waals surface area contributed by atoms with Crippen LogP contribution in [0.2, 0.25) is 0 Å². The third kappa shape index (κ3) is 1.14. The lowest BCUT2D eigenvalue weighted by molar-refractivity contribution is 0.553. The minimum absolute atomic E-state index is 0.449. The molecular weight excluding hydrogens is 142 g/mol. The van der Waals surface area contributed by atoms with E-state index in [0.29, 0.717) is 0 Å². The predicted octanol–water partition coefficient (Wildman–Crippen LogP) is 1.33. The molecule has 0 saturated carbocycles. The monoisotopic (exact) mass is 152 g/mol. The second-order valence-corrected chi connectivity index (χ2v) is 4.76. The summed E-state index contributed by atoms with van der Waals surface area (Å²) in [6.07, 6.45) is 0. The third-order valence-corrected chi connectivity index (χ3v) is 4.39. The second-order valence-electron chi connectivity index (χ2n) is 2.00. The van der Waals surface area contributed by atoms with Crippen LogP contribution in [0.4, 0.5) is 0 Å². The first kappa shape index (κ1) is 6.76. The maximum Gasteiger partial charge on any atom is 0.139 e. The fourth-order valence-corrected chi connectivity index (χ4v) is 2.20. The fraction of sp³-hybridized carbons (Fsp3) is 1.00. The van der Waals surface area contributed by atoms with Crippen molar-refractivity contribution in [2.45, 2.75) is 0 Å². The zero-order chi connectivity index (χ0) is 6.15. The normalized spacial score (nSPS) is 27.4. The van der Waals surface area contributed by atoms with Gasteiger partial charge in [-0.2, -0.15) is 0 Å². The summed E-state index contributed by atoms with van der Waals surface area (Å²) in [5.74, 6) is 0. The molecule has 2 nitrogen and oxygen atoms in total. The van der Waals surface area contributed by atoms with Crippen molar-refractivity contribution in [3.05, 3.63) is 0 Å². The van der Waals surface area contributed by atoms with Gasteiger partial charge in [-0.1, -0.05) is 11.2 Å². The highest BCUT2D eigenvalue weighted by atomic mass is 35.7. The van der Waals surface area contributed by atoms with Gasteiger partial charge in [0, 0.05) is 13.1 Å². The average molecular weight is 153 g/mol. The van der Waals surface area contributed by atoms with E-state index in [0.717, 1.165) is 13.1 Å². The van der Waals surface area contributed by atoms with E-state index < -0.39 is 7.58 Å². The largest absolute Gasteiger partial charge is 0.259 e. The van der Waals surface area contributed by atoms with Crippen molar-refractivity contribution in [3.63, 3.8) is 0 Å². The Labute approximate surface area is 56.1 Å². The van der Waals surface area contributed by atoms with Crippen LogP contribution < -0.4 is 0 Å². The van der Waals surface area contributed by atoms with Gasteiger partial charge in [-0.15, -0.1) is 0 Å². The Morgan fingerprint density at radius 3 is 1.75 bits per heavy atom. The number of likely N-dealkylation sites (N-methyl/N-ethyl adjacent to an activating group) is 2. The van der Waals surface area contributed by atoms with Crippen LogP contribution in [0.1, 0.15) is 0 Å². The highest BCUT2D eigenvalue weighted by Gasteiger charge is 2.23. The molecule has 4 heteroatoms. The van der Waals surface area contributed by atoms with Crippen LogP contribution >= 0.6 is 18.8 Å². The first-order valence-electron chi connectivity index (χ1n) is 2.60. The van der Waals surface area contributed by atoms with E-state index in [1.165, 1.54) is 0 Å². The van der Waals surface area contributed by atoms with Gasteiger partial charge in [-0.05, 0) is 14.1 Å². The van der Waals surface area contributed by atoms with Crippen LogP contribution in [-0.2, 0) is 0 Å². The number of halogens is 1. The topological polar surface area (TPSA) is 6.48 Å². The summed E-state index contributed by atoms with van der Waals surface area (Å²) < 4.78 is 4.35. The predicted molar refractivity (Wildman–Crippen MR) is 38.0 cm³/mol. The molecular formula is C4H10ClN2P. The molecule has 0 aromatic carbocycles. The van der Waals surface area contributed by atoms with E-state index in [2.05, 4.69) is 23.4 Å². The third-order valence-electron chi connectivity index (χ3n) is 1.31. The summed E-state index contributed by atoms with van der Waals surface area (Å²) in [6, 6.07) is 0. The Hall–Kier alpha value is 0.640. The van der Waals surface area contributed by atoms with Gasteiger partial charge in [0.15, 0.2) is 0 Å². The zero-order valence-corrected chi connectivity index (χ0v) is 6.78. The molecule has 0 bridgehead atoms. The van der Waals surface area contributed by atoms with Gasteiger partial charge in [0.05, 0.1) is 0 Å². The molecule has 1 saturated heterocycles. The van der Waals surface area contributed by atoms with Gasteiger partial charge in [-0.25, -0.2) is 0 Å². The molecule has 0 unspecified atom stereocenters. The Morgan fingerprint density at radius 1 is 1.25 bits per heavy atom. The minimum atomic E-state index is -0.449. The van der Waals surface area contributed by atoms with E-state index in [-0.39, 0.29) is 0 Å². The number of nitrogens with zero attached hydrogens (tertiary/aromatic N) is 2. The highest BCUT2D eigenvalue weighted by molar-refractivity contribution is 7.80. The smallest absolute Gasteiger partial charge is 0.139 e. The Bertz CT molecular complexity index is 80.1. The summed E-state index contributed by atoms with van der Waals surface area (Å²) in [4.78, 5) is 0. The summed E-state index contributed by atoms with van der Waals surface area (Å²) in [5, 5.41) is 0. The zero-order valence-electron chi connectivity index (χ0n) is 5.13. The van der Waals surface area contributed by atoms with Crippen molar-refractivity contribution in [1.82, 2.24) is 9.34 Å². The number of hydrogen-bond donors (Lipinski definition) is 0. The maximum absolute atomic E-state index is 5.93. The van der Waals surface area contributed by atoms with E-state index >= 15 is 0 Å². The molecule has 1 heterocycles. The second kappa shape index (κ2) is 2.49. The molecule has 1 fully saturated rings. The van der Waals surface area contributed by atoms with Crippen LogP contribution in [0.25, 0.3) is 0 Å². The Kier molecular flexibility index (Phi) is 2.10. The molecule has 0 aliphatic carbocycles. The van der Waals surface area contributed by atoms with Gasteiger partial charge < -0.3 is 0 Å². The van der Waals surface area contributed by atoms with Gasteiger partial charge in [0.1, 0.15) is 7.58 Å². The van der Waals surface area contributed by atoms with Crippen LogP contribution in [0.5, 0.6) is 0 Å². The molecule has 0 radical (unpaired) electrons. The van der Waals surface area contributed by atoms with E-state index in [4.69, 9.17) is 11.2 Å². The van der Waals surface area contributed by atoms with Crippen molar-refractivity contribution >= 4 is 18.8 Å². The molecule has 0 atom stereocenters. The number of rotatable bonds is 0. The molecule has 1 aliphatic rings. The summed E-state index contributed by atoms with van der Waals surface area (Å²) in [7, 11) is 3.67. The van der Waals surface area contributed by atoms with Crippen molar-refractivity contribution in [2.24, 2.45) is 0 Å². The van der Waals surface area contributed by atoms with Crippen molar-refractivity contribution in [3.8, 4) is 0 Å². The summed E-state index contributed by atoms with van der Waals surface area (Å²) >= 11 is 5.93. The number of hydrogen-bond acceptors (Lipinski definition) is 2. The quantitative estimate of drug-likeness (QED) is 0.484. The molecule has 1 aliphatic heterocycles. The molecule has 8 heavy (non-hydrogen) atoms. The SMILES string of the molecule is CN1CCN(C)P1Cl. The standard InChI is InChI=1S/C4H10ClN2P/c1-6-3-4-7(2)8(6)5/h3-4H2,1-2H3. The molecule has 48 valence electrons. The van der Waals surface area contributed by atoms with E-state index in [1.54, 1.807) is 0 Å². The van der Waals surface area contributed by atoms with Gasteiger partial charge >= 0.3 is 0 Å². The van der Waals surface area contributed by atoms with Gasteiger partial charge in [-0.3, -0.25) is 9.34 Å². The molecule has 1 rings (SSSR count). The molecule has 0 spiro atoms. The summed E-state index contributed by atoms with van der Waals surface area (Å²) in [5.41, 5.74) is 0. The van der Waals surface area contributed by atoms with Crippen molar-refractivity contribution < 1.29 is 0 Å². The molecule has 0 aromatic heterocycles. The average Bonchev–Trinajstić information content (AvgIpc) is 1.98. The lowest BCUT2D eigenvalue weighted by atomic mass is 10.6. The maximum atomic E-state index is 5.93. The highest BCUT2D eigenvalue weighted by Crippen LogP contribution is 2.50. The van der Waals surface area contributed by atoms with Crippen LogP contribution in [0.3, 0.4) is 0 Å². The van der Waals surface area contributed by atoms with E-state index in [1.807, 2.05) is 0 Å². The van der Waals surface area contributed by atoms with Crippen LogP contribution in [-0.4, -0.2) is 36.5 Å². The van der Waals surface area contributed by atoms with E-state index in [9.17, 15) is 0 Å². The van der Waals surface area contributed by atoms with Crippen LogP contribution in [0, 0.1) is 0 Å². The first-order valence-corrected chi connectivity index (χ1v) is 4.75. The first-order chi connectivity index (χ1) is 3.72. The minimum Gasteiger partial charge on any atom is -0.259 e. The lowest BCUT2D eigenvalue weighted by Crippen LogP contribution is -2.05. The molecule has 0 aromatic rings. The molecule has 0 amide bonds. The van der Waals surface area contributed by atoms with Gasteiger partial charge in [0.2, 0.25) is 0 Å². The summed E-state index contributed by atoms with van der Waals surface area (Å²) in [6.45, 7) is 2.23. The lowest BCUT2D eigenvalue weighted by Gasteiger charge is -2.15. The Balaban J connectivity index is 2.44. The van der Waals surface area contributed by atoms with Crippen molar-refractivity contribution in [1.29, 1.82) is 0 Å². The van der Waals surface area contributed by atoms with Crippen molar-refractivity contribution in [2.75, 3.05) is 27.2 Å². The van der Waals surface area contributed by atoms with Gasteiger partial charge in [0.25, 0.3) is 0 Å².